The average Bonchev–Trinajstić information content (AvgIpc) is 3.72. The number of anilines is 1. The molecule has 2 amide bonds. The zero-order chi connectivity index (χ0) is 36.5. The first kappa shape index (κ1) is 39.0. The molecule has 0 saturated carbocycles. The maximum Gasteiger partial charge on any atom is 0.410 e. The number of rotatable bonds is 16. The molecule has 50 heavy (non-hydrogen) atoms. The Hall–Kier alpha value is -3.83. The lowest BCUT2D eigenvalue weighted by atomic mass is 10.0. The molecule has 3 N–H and O–H groups in total. The summed E-state index contributed by atoms with van der Waals surface area (Å²) < 4.78 is 40.9. The number of aliphatic hydroxyl groups excluding tert-OH is 1. The minimum absolute atomic E-state index is 0.0267. The fourth-order valence-electron chi connectivity index (χ4n) is 4.86. The smallest absolute Gasteiger partial charge is 0.410 e. The molecule has 2 aromatic heterocycles. The lowest BCUT2D eigenvalue weighted by Crippen LogP contribution is -2.51. The summed E-state index contributed by atoms with van der Waals surface area (Å²) in [5, 5.41) is 18.1. The van der Waals surface area contributed by atoms with Crippen molar-refractivity contribution in [1.82, 2.24) is 24.5 Å². The standard InChI is InChI=1S/C34H46N6O7S3/c1-23(2)19-40(20-29(41)28(16-24-10-8-7-9-11-24)38-32(42)46-21-25-18-35-22-48-25)50(44,45)26-12-13-27-30(17-26)49-31(37-27)36-14-15-39(6)33(43)47-34(3,4)5/h7-13,17-18,22-23,28-29,41H,14-16,19-21H2,1-6H3,(H,36,37)(H,38,42)/t28-,29+/m0/s1. The monoisotopic (exact) mass is 746 g/mol. The van der Waals surface area contributed by atoms with Crippen LogP contribution in [0.2, 0.25) is 0 Å². The van der Waals surface area contributed by atoms with E-state index in [4.69, 9.17) is 9.47 Å². The molecule has 272 valence electrons. The van der Waals surface area contributed by atoms with Crippen LogP contribution in [0.25, 0.3) is 10.2 Å². The molecule has 0 aliphatic heterocycles. The van der Waals surface area contributed by atoms with E-state index in [1.165, 1.54) is 37.9 Å². The van der Waals surface area contributed by atoms with Crippen molar-refractivity contribution in [3.8, 4) is 0 Å². The Morgan fingerprint density at radius 2 is 1.82 bits per heavy atom. The number of fused-ring (bicyclic) bond motifs is 1. The summed E-state index contributed by atoms with van der Waals surface area (Å²) in [6, 6.07) is 13.2. The first-order chi connectivity index (χ1) is 23.6. The predicted octanol–water partition coefficient (Wildman–Crippen LogP) is 5.58. The molecular weight excluding hydrogens is 701 g/mol. The van der Waals surface area contributed by atoms with Gasteiger partial charge in [0.25, 0.3) is 0 Å². The van der Waals surface area contributed by atoms with Gasteiger partial charge in [-0.25, -0.2) is 23.0 Å². The van der Waals surface area contributed by atoms with Gasteiger partial charge in [-0.2, -0.15) is 4.31 Å². The molecule has 0 spiro atoms. The van der Waals surface area contributed by atoms with E-state index in [9.17, 15) is 23.1 Å². The highest BCUT2D eigenvalue weighted by atomic mass is 32.2. The SMILES string of the molecule is CC(C)CN(C[C@@H](O)[C@H](Cc1ccccc1)NC(=O)OCc1cncs1)S(=O)(=O)c1ccc2nc(NCCN(C)C(=O)OC(C)(C)C)sc2c1. The molecule has 0 fully saturated rings. The zero-order valence-corrected chi connectivity index (χ0v) is 31.6. The molecule has 0 radical (unpaired) electrons. The van der Waals surface area contributed by atoms with Gasteiger partial charge in [-0.15, -0.1) is 11.3 Å². The van der Waals surface area contributed by atoms with Crippen LogP contribution in [0.15, 0.2) is 65.1 Å². The van der Waals surface area contributed by atoms with Crippen molar-refractivity contribution in [2.75, 3.05) is 38.5 Å². The summed E-state index contributed by atoms with van der Waals surface area (Å²) in [7, 11) is -2.42. The molecular formula is C34H46N6O7S3. The second-order valence-electron chi connectivity index (χ2n) is 13.2. The summed E-state index contributed by atoms with van der Waals surface area (Å²) in [5.41, 5.74) is 2.52. The summed E-state index contributed by atoms with van der Waals surface area (Å²) in [5.74, 6) is -0.0522. The number of hydrogen-bond donors (Lipinski definition) is 3. The Morgan fingerprint density at radius 3 is 2.48 bits per heavy atom. The van der Waals surface area contributed by atoms with E-state index in [0.717, 1.165) is 10.4 Å². The first-order valence-electron chi connectivity index (χ1n) is 16.2. The number of sulfonamides is 1. The summed E-state index contributed by atoms with van der Waals surface area (Å²) in [4.78, 5) is 35.9. The Kier molecular flexibility index (Phi) is 13.6. The van der Waals surface area contributed by atoms with E-state index >= 15 is 0 Å². The minimum atomic E-state index is -4.08. The fourth-order valence-corrected chi connectivity index (χ4v) is 8.02. The van der Waals surface area contributed by atoms with Crippen LogP contribution in [0.5, 0.6) is 0 Å². The van der Waals surface area contributed by atoms with Gasteiger partial charge >= 0.3 is 12.2 Å². The number of nitrogens with one attached hydrogen (secondary N) is 2. The lowest BCUT2D eigenvalue weighted by Gasteiger charge is -2.30. The maximum atomic E-state index is 14.1. The molecule has 0 unspecified atom stereocenters. The van der Waals surface area contributed by atoms with E-state index in [1.807, 2.05) is 65.0 Å². The average molecular weight is 747 g/mol. The molecule has 0 aliphatic carbocycles. The highest BCUT2D eigenvalue weighted by Gasteiger charge is 2.32. The van der Waals surface area contributed by atoms with Crippen molar-refractivity contribution in [2.24, 2.45) is 5.92 Å². The molecule has 0 aliphatic rings. The quantitative estimate of drug-likeness (QED) is 0.132. The van der Waals surface area contributed by atoms with Gasteiger partial charge in [-0.05, 0) is 56.9 Å². The molecule has 16 heteroatoms. The molecule has 2 atom stereocenters. The third-order valence-corrected chi connectivity index (χ3v) is 10.8. The van der Waals surface area contributed by atoms with Crippen LogP contribution >= 0.6 is 22.7 Å². The number of carbonyl (C=O) groups is 2. The van der Waals surface area contributed by atoms with Crippen molar-refractivity contribution < 1.29 is 32.6 Å². The maximum absolute atomic E-state index is 14.1. The summed E-state index contributed by atoms with van der Waals surface area (Å²) in [6.45, 7) is 9.92. The minimum Gasteiger partial charge on any atom is -0.444 e. The van der Waals surface area contributed by atoms with Crippen molar-refractivity contribution in [3.63, 3.8) is 0 Å². The van der Waals surface area contributed by atoms with Crippen LogP contribution < -0.4 is 10.6 Å². The van der Waals surface area contributed by atoms with Gasteiger partial charge in [0.1, 0.15) is 12.2 Å². The number of alkyl carbamates (subject to hydrolysis) is 1. The van der Waals surface area contributed by atoms with Gasteiger partial charge in [0.15, 0.2) is 5.13 Å². The number of thiazole rings is 2. The second-order valence-corrected chi connectivity index (χ2v) is 17.2. The number of benzene rings is 2. The van der Waals surface area contributed by atoms with Gasteiger partial charge in [0.05, 0.1) is 37.6 Å². The molecule has 2 heterocycles. The van der Waals surface area contributed by atoms with Gasteiger partial charge in [-0.3, -0.25) is 4.98 Å². The molecule has 0 saturated heterocycles. The summed E-state index contributed by atoms with van der Waals surface area (Å²) in [6.07, 6.45) is -0.556. The van der Waals surface area contributed by atoms with Crippen LogP contribution in [-0.2, 0) is 32.5 Å². The Morgan fingerprint density at radius 1 is 1.08 bits per heavy atom. The Balaban J connectivity index is 1.47. The van der Waals surface area contributed by atoms with Gasteiger partial charge in [-0.1, -0.05) is 55.5 Å². The van der Waals surface area contributed by atoms with E-state index < -0.39 is 40.0 Å². The van der Waals surface area contributed by atoms with Crippen LogP contribution in [-0.4, -0.2) is 95.9 Å². The number of aliphatic hydroxyl groups is 1. The fraction of sp³-hybridized carbons (Fsp3) is 0.471. The number of ether oxygens (including phenoxy) is 2. The van der Waals surface area contributed by atoms with Crippen molar-refractivity contribution in [1.29, 1.82) is 0 Å². The number of carbonyl (C=O) groups excluding carboxylic acids is 2. The number of likely N-dealkylation sites (N-methyl/N-ethyl adjacent to an activating group) is 1. The number of nitrogens with zero attached hydrogens (tertiary/aromatic N) is 4. The molecule has 4 rings (SSSR count). The van der Waals surface area contributed by atoms with E-state index in [0.29, 0.717) is 28.4 Å². The van der Waals surface area contributed by atoms with Crippen molar-refractivity contribution >= 4 is 60.2 Å². The largest absolute Gasteiger partial charge is 0.444 e. The zero-order valence-electron chi connectivity index (χ0n) is 29.2. The van der Waals surface area contributed by atoms with Gasteiger partial charge in [0.2, 0.25) is 10.0 Å². The number of hydrogen-bond acceptors (Lipinski definition) is 12. The van der Waals surface area contributed by atoms with Crippen LogP contribution in [0, 0.1) is 5.92 Å². The van der Waals surface area contributed by atoms with Crippen LogP contribution in [0.4, 0.5) is 14.7 Å². The third-order valence-electron chi connectivity index (χ3n) is 7.28. The number of amides is 2. The highest BCUT2D eigenvalue weighted by Crippen LogP contribution is 2.30. The normalized spacial score (nSPS) is 13.3. The molecule has 0 bridgehead atoms. The van der Waals surface area contributed by atoms with Crippen molar-refractivity contribution in [2.45, 2.75) is 70.3 Å². The molecule has 13 nitrogen and oxygen atoms in total. The Labute approximate surface area is 301 Å². The highest BCUT2D eigenvalue weighted by molar-refractivity contribution is 7.89. The van der Waals surface area contributed by atoms with Crippen LogP contribution in [0.1, 0.15) is 45.1 Å². The van der Waals surface area contributed by atoms with E-state index in [-0.39, 0.29) is 36.9 Å². The van der Waals surface area contributed by atoms with Crippen LogP contribution in [0.3, 0.4) is 0 Å². The predicted molar refractivity (Wildman–Crippen MR) is 196 cm³/mol. The summed E-state index contributed by atoms with van der Waals surface area (Å²) >= 11 is 2.65. The molecule has 4 aromatic rings. The van der Waals surface area contributed by atoms with E-state index in [2.05, 4.69) is 20.6 Å². The number of aromatic nitrogens is 2. The lowest BCUT2D eigenvalue weighted by molar-refractivity contribution is 0.0305. The Bertz CT molecular complexity index is 1790. The van der Waals surface area contributed by atoms with Gasteiger partial charge < -0.3 is 30.1 Å². The first-order valence-corrected chi connectivity index (χ1v) is 19.4. The molecule has 2 aromatic carbocycles. The van der Waals surface area contributed by atoms with Gasteiger partial charge in [0, 0.05) is 39.4 Å². The van der Waals surface area contributed by atoms with Crippen molar-refractivity contribution in [3.05, 3.63) is 70.7 Å². The third kappa shape index (κ3) is 11.6. The second kappa shape index (κ2) is 17.4. The van der Waals surface area contributed by atoms with E-state index in [1.54, 1.807) is 30.9 Å². The topological polar surface area (TPSA) is 163 Å².